The van der Waals surface area contributed by atoms with Crippen LogP contribution in [0.4, 0.5) is 0 Å². The van der Waals surface area contributed by atoms with Crippen LogP contribution in [0.25, 0.3) is 10.9 Å². The van der Waals surface area contributed by atoms with Crippen molar-refractivity contribution < 1.29 is 9.90 Å². The normalized spacial score (nSPS) is 13.9. The predicted molar refractivity (Wildman–Crippen MR) is 89.1 cm³/mol. The van der Waals surface area contributed by atoms with E-state index < -0.39 is 6.10 Å². The molecule has 0 spiro atoms. The molecule has 22 heavy (non-hydrogen) atoms. The summed E-state index contributed by atoms with van der Waals surface area (Å²) in [5.41, 5.74) is 1.48. The van der Waals surface area contributed by atoms with Gasteiger partial charge in [0, 0.05) is 21.8 Å². The molecular formula is C17H18N2O2S. The Morgan fingerprint density at radius 3 is 2.86 bits per heavy atom. The molecule has 114 valence electrons. The number of aliphatic hydroxyl groups excluding tert-OH is 1. The highest BCUT2D eigenvalue weighted by molar-refractivity contribution is 7.10. The van der Waals surface area contributed by atoms with Crippen molar-refractivity contribution in [1.29, 1.82) is 0 Å². The minimum atomic E-state index is -0.544. The summed E-state index contributed by atoms with van der Waals surface area (Å²) in [6, 6.07) is 13.3. The summed E-state index contributed by atoms with van der Waals surface area (Å²) in [4.78, 5) is 16.3. The topological polar surface area (TPSA) is 65.1 Å². The fourth-order valence-electron chi connectivity index (χ4n) is 2.49. The average Bonchev–Trinajstić information content (AvgIpc) is 3.16. The monoisotopic (exact) mass is 314 g/mol. The molecule has 1 aromatic carbocycles. The fourth-order valence-corrected chi connectivity index (χ4v) is 3.21. The molecule has 0 aliphatic rings. The largest absolute Gasteiger partial charge is 0.387 e. The first-order valence-electron chi connectivity index (χ1n) is 7.23. The molecule has 2 aromatic heterocycles. The number of amides is 1. The summed E-state index contributed by atoms with van der Waals surface area (Å²) >= 11 is 1.52. The van der Waals surface area contributed by atoms with Crippen LogP contribution in [0, 0.1) is 0 Å². The Morgan fingerprint density at radius 2 is 2.14 bits per heavy atom. The van der Waals surface area contributed by atoms with E-state index in [0.717, 1.165) is 15.8 Å². The van der Waals surface area contributed by atoms with E-state index >= 15 is 0 Å². The van der Waals surface area contributed by atoms with Crippen molar-refractivity contribution >= 4 is 28.1 Å². The molecular weight excluding hydrogens is 296 g/mol. The number of benzene rings is 1. The zero-order chi connectivity index (χ0) is 15.5. The molecule has 5 heteroatoms. The van der Waals surface area contributed by atoms with Gasteiger partial charge in [0.15, 0.2) is 0 Å². The van der Waals surface area contributed by atoms with Gasteiger partial charge in [0.1, 0.15) is 5.69 Å². The third-order valence-corrected chi connectivity index (χ3v) is 4.57. The zero-order valence-corrected chi connectivity index (χ0v) is 13.1. The molecule has 3 aromatic rings. The number of rotatable bonds is 5. The van der Waals surface area contributed by atoms with Gasteiger partial charge < -0.3 is 15.4 Å². The molecule has 0 unspecified atom stereocenters. The number of thiophene rings is 1. The summed E-state index contributed by atoms with van der Waals surface area (Å²) in [6.45, 7) is 1.90. The van der Waals surface area contributed by atoms with Crippen molar-refractivity contribution in [3.8, 4) is 0 Å². The van der Waals surface area contributed by atoms with Gasteiger partial charge in [-0.25, -0.2) is 0 Å². The first-order valence-corrected chi connectivity index (χ1v) is 8.11. The molecule has 0 fully saturated rings. The van der Waals surface area contributed by atoms with Crippen molar-refractivity contribution in [2.24, 2.45) is 0 Å². The smallest absolute Gasteiger partial charge is 0.267 e. The summed E-state index contributed by atoms with van der Waals surface area (Å²) in [5, 5.41) is 16.0. The van der Waals surface area contributed by atoms with E-state index in [9.17, 15) is 9.90 Å². The molecule has 4 nitrogen and oxygen atoms in total. The van der Waals surface area contributed by atoms with Crippen LogP contribution in [-0.2, 0) is 0 Å². The van der Waals surface area contributed by atoms with Crippen molar-refractivity contribution in [3.63, 3.8) is 0 Å². The Bertz CT molecular complexity index is 731. The van der Waals surface area contributed by atoms with Gasteiger partial charge >= 0.3 is 0 Å². The number of carbonyl (C=O) groups excluding carboxylic acids is 1. The maximum Gasteiger partial charge on any atom is 0.267 e. The number of carbonyl (C=O) groups is 1. The first-order chi connectivity index (χ1) is 10.6. The summed E-state index contributed by atoms with van der Waals surface area (Å²) in [7, 11) is 0. The molecule has 0 saturated carbocycles. The van der Waals surface area contributed by atoms with E-state index in [0.29, 0.717) is 12.1 Å². The highest BCUT2D eigenvalue weighted by Crippen LogP contribution is 2.23. The fraction of sp³-hybridized carbons (Fsp3) is 0.235. The second kappa shape index (κ2) is 6.34. The van der Waals surface area contributed by atoms with Crippen molar-refractivity contribution in [2.45, 2.75) is 25.5 Å². The van der Waals surface area contributed by atoms with Crippen LogP contribution in [0.3, 0.4) is 0 Å². The van der Waals surface area contributed by atoms with Crippen LogP contribution in [0.2, 0.25) is 0 Å². The minimum Gasteiger partial charge on any atom is -0.387 e. The number of para-hydroxylation sites is 1. The lowest BCUT2D eigenvalue weighted by atomic mass is 10.1. The van der Waals surface area contributed by atoms with Gasteiger partial charge in [0.05, 0.1) is 6.10 Å². The molecule has 2 heterocycles. The summed E-state index contributed by atoms with van der Waals surface area (Å²) < 4.78 is 0. The highest BCUT2D eigenvalue weighted by atomic mass is 32.1. The maximum atomic E-state index is 12.3. The number of aliphatic hydroxyl groups is 1. The van der Waals surface area contributed by atoms with E-state index in [1.54, 1.807) is 0 Å². The van der Waals surface area contributed by atoms with Gasteiger partial charge in [-0.15, -0.1) is 11.3 Å². The van der Waals surface area contributed by atoms with Crippen LogP contribution in [0.15, 0.2) is 47.8 Å². The maximum absolute atomic E-state index is 12.3. The molecule has 0 saturated heterocycles. The minimum absolute atomic E-state index is 0.115. The SMILES string of the molecule is C[C@@H](C[C@@H](O)c1cccs1)NC(=O)c1cc2ccccc2[nH]1. The highest BCUT2D eigenvalue weighted by Gasteiger charge is 2.17. The first kappa shape index (κ1) is 14.8. The standard InChI is InChI=1S/C17H18N2O2S/c1-11(9-15(20)16-7-4-8-22-16)18-17(21)14-10-12-5-2-3-6-13(12)19-14/h2-8,10-11,15,19-20H,9H2,1H3,(H,18,21)/t11-,15+/m0/s1. The molecule has 0 aliphatic heterocycles. The van der Waals surface area contributed by atoms with Gasteiger partial charge in [-0.1, -0.05) is 24.3 Å². The molecule has 0 aliphatic carbocycles. The predicted octanol–water partition coefficient (Wildman–Crippen LogP) is 3.47. The number of hydrogen-bond acceptors (Lipinski definition) is 3. The van der Waals surface area contributed by atoms with E-state index in [-0.39, 0.29) is 11.9 Å². The lowest BCUT2D eigenvalue weighted by molar-refractivity contribution is 0.0914. The third kappa shape index (κ3) is 3.21. The van der Waals surface area contributed by atoms with Gasteiger partial charge in [-0.2, -0.15) is 0 Å². The Labute approximate surface area is 132 Å². The molecule has 3 N–H and O–H groups in total. The van der Waals surface area contributed by atoms with Crippen LogP contribution in [-0.4, -0.2) is 22.0 Å². The van der Waals surface area contributed by atoms with Crippen molar-refractivity contribution in [1.82, 2.24) is 10.3 Å². The Kier molecular flexibility index (Phi) is 4.27. The second-order valence-electron chi connectivity index (χ2n) is 5.41. The van der Waals surface area contributed by atoms with E-state index in [1.165, 1.54) is 11.3 Å². The van der Waals surface area contributed by atoms with E-state index in [1.807, 2.05) is 54.8 Å². The van der Waals surface area contributed by atoms with Gasteiger partial charge in [-0.05, 0) is 36.9 Å². The van der Waals surface area contributed by atoms with E-state index in [4.69, 9.17) is 0 Å². The van der Waals surface area contributed by atoms with Gasteiger partial charge in [0.25, 0.3) is 5.91 Å². The van der Waals surface area contributed by atoms with Crippen molar-refractivity contribution in [2.75, 3.05) is 0 Å². The summed E-state index contributed by atoms with van der Waals surface area (Å²) in [5.74, 6) is -0.151. The van der Waals surface area contributed by atoms with Crippen LogP contribution in [0.1, 0.15) is 34.8 Å². The molecule has 0 bridgehead atoms. The lowest BCUT2D eigenvalue weighted by Gasteiger charge is -2.16. The number of aromatic nitrogens is 1. The average molecular weight is 314 g/mol. The molecule has 1 amide bonds. The van der Waals surface area contributed by atoms with Crippen LogP contribution < -0.4 is 5.32 Å². The number of fused-ring (bicyclic) bond motifs is 1. The number of nitrogens with one attached hydrogen (secondary N) is 2. The van der Waals surface area contributed by atoms with Gasteiger partial charge in [-0.3, -0.25) is 4.79 Å². The number of H-pyrrole nitrogens is 1. The lowest BCUT2D eigenvalue weighted by Crippen LogP contribution is -2.33. The number of aromatic amines is 1. The Morgan fingerprint density at radius 1 is 1.32 bits per heavy atom. The van der Waals surface area contributed by atoms with Crippen LogP contribution in [0.5, 0.6) is 0 Å². The Balaban J connectivity index is 1.63. The second-order valence-corrected chi connectivity index (χ2v) is 6.39. The molecule has 0 radical (unpaired) electrons. The van der Waals surface area contributed by atoms with E-state index in [2.05, 4.69) is 10.3 Å². The van der Waals surface area contributed by atoms with Crippen LogP contribution >= 0.6 is 11.3 Å². The number of hydrogen-bond donors (Lipinski definition) is 3. The quantitative estimate of drug-likeness (QED) is 0.675. The zero-order valence-electron chi connectivity index (χ0n) is 12.2. The third-order valence-electron chi connectivity index (χ3n) is 3.60. The Hall–Kier alpha value is -2.11. The van der Waals surface area contributed by atoms with Crippen molar-refractivity contribution in [3.05, 3.63) is 58.4 Å². The molecule has 2 atom stereocenters. The summed E-state index contributed by atoms with van der Waals surface area (Å²) in [6.07, 6.45) is -0.0510. The van der Waals surface area contributed by atoms with Gasteiger partial charge in [0.2, 0.25) is 0 Å². The molecule has 3 rings (SSSR count).